The van der Waals surface area contributed by atoms with Crippen LogP contribution in [0.5, 0.6) is 0 Å². The third-order valence-corrected chi connectivity index (χ3v) is 7.16. The Hall–Kier alpha value is -3.71. The summed E-state index contributed by atoms with van der Waals surface area (Å²) in [7, 11) is 2.77. The fraction of sp³-hybridized carbons (Fsp3) is 0.586. The highest BCUT2D eigenvalue weighted by molar-refractivity contribution is 5.95. The number of hydrogen-bond acceptors (Lipinski definition) is 10. The monoisotopic (exact) mass is 624 g/mol. The number of amides is 1. The first-order valence-corrected chi connectivity index (χ1v) is 13.8. The third-order valence-electron chi connectivity index (χ3n) is 7.16. The molecule has 2 aliphatic carbocycles. The first kappa shape index (κ1) is 39.3. The van der Waals surface area contributed by atoms with Gasteiger partial charge >= 0.3 is 17.9 Å². The van der Waals surface area contributed by atoms with Crippen molar-refractivity contribution in [3.63, 3.8) is 0 Å². The molecule has 2 saturated carbocycles. The number of aromatic carboxylic acids is 1. The number of nitrogens with one attached hydrogen (secondary N) is 1. The van der Waals surface area contributed by atoms with Crippen LogP contribution >= 0.6 is 0 Å². The lowest BCUT2D eigenvalue weighted by Gasteiger charge is -2.28. The summed E-state index contributed by atoms with van der Waals surface area (Å²) < 4.78 is 9.48. The number of methoxy groups -OCH3 is 2. The summed E-state index contributed by atoms with van der Waals surface area (Å²) in [6, 6.07) is -0.745. The second-order valence-corrected chi connectivity index (χ2v) is 9.89. The van der Waals surface area contributed by atoms with E-state index in [-0.39, 0.29) is 55.1 Å². The molecular weight excluding hydrogens is 580 g/mol. The van der Waals surface area contributed by atoms with Gasteiger partial charge in [0.15, 0.2) is 11.7 Å². The van der Waals surface area contributed by atoms with Gasteiger partial charge in [-0.25, -0.2) is 24.4 Å². The number of esters is 2. The van der Waals surface area contributed by atoms with Crippen LogP contribution in [0.15, 0.2) is 37.2 Å². The Morgan fingerprint density at radius 2 is 1.26 bits per heavy atom. The average Bonchev–Trinajstić information content (AvgIpc) is 3.04. The molecule has 4 rings (SSSR count). The molecule has 240 valence electrons. The van der Waals surface area contributed by atoms with Crippen LogP contribution in [0.4, 0.5) is 0 Å². The zero-order valence-electron chi connectivity index (χ0n) is 24.1. The smallest absolute Gasteiger partial charge is 0.364 e. The lowest BCUT2D eigenvalue weighted by molar-refractivity contribution is -0.422. The molecule has 5 N–H and O–H groups in total. The largest absolute Gasteiger partial charge is 1.00 e. The van der Waals surface area contributed by atoms with Crippen molar-refractivity contribution in [2.45, 2.75) is 83.7 Å². The fourth-order valence-electron chi connectivity index (χ4n) is 4.89. The molecule has 2 aromatic rings. The van der Waals surface area contributed by atoms with Gasteiger partial charge in [0.05, 0.1) is 26.6 Å². The number of aromatic nitrogens is 4. The van der Waals surface area contributed by atoms with Gasteiger partial charge in [-0.2, -0.15) is 0 Å². The highest BCUT2D eigenvalue weighted by atomic mass is 35.5. The van der Waals surface area contributed by atoms with E-state index in [9.17, 15) is 19.2 Å². The molecule has 0 aromatic carbocycles. The number of ether oxygens (including phenoxy) is 2. The quantitative estimate of drug-likeness (QED) is 0.335. The van der Waals surface area contributed by atoms with E-state index in [1.54, 1.807) is 0 Å². The van der Waals surface area contributed by atoms with Crippen LogP contribution in [0.2, 0.25) is 0 Å². The second-order valence-electron chi connectivity index (χ2n) is 9.89. The van der Waals surface area contributed by atoms with E-state index in [2.05, 4.69) is 35.7 Å². The van der Waals surface area contributed by atoms with Crippen molar-refractivity contribution < 1.29 is 51.9 Å². The van der Waals surface area contributed by atoms with Gasteiger partial charge in [-0.05, 0) is 31.6 Å². The van der Waals surface area contributed by atoms with Crippen LogP contribution in [0.1, 0.15) is 92.6 Å². The van der Waals surface area contributed by atoms with Gasteiger partial charge in [0.25, 0.3) is 5.91 Å². The Morgan fingerprint density at radius 1 is 0.791 bits per heavy atom. The number of carbonyl (C=O) groups is 4. The van der Waals surface area contributed by atoms with E-state index in [4.69, 9.17) is 9.84 Å². The summed E-state index contributed by atoms with van der Waals surface area (Å²) in [6.45, 7) is 0. The van der Waals surface area contributed by atoms with Crippen LogP contribution in [-0.4, -0.2) is 75.2 Å². The molecule has 1 amide bonds. The second kappa shape index (κ2) is 21.9. The van der Waals surface area contributed by atoms with Crippen LogP contribution in [0.25, 0.3) is 0 Å². The molecule has 0 saturated heterocycles. The molecule has 2 atom stereocenters. The Labute approximate surface area is 259 Å². The third kappa shape index (κ3) is 13.9. The van der Waals surface area contributed by atoms with E-state index in [1.165, 1.54) is 77.1 Å². The number of quaternary nitrogens is 1. The normalized spacial score (nSPS) is 16.0. The number of rotatable bonds is 7. The molecule has 0 spiro atoms. The molecule has 0 bridgehead atoms. The number of carboxylic acid groups (broad SMARTS) is 1. The summed E-state index contributed by atoms with van der Waals surface area (Å²) in [5.41, 5.74) is 4.03. The Kier molecular flexibility index (Phi) is 20.0. The summed E-state index contributed by atoms with van der Waals surface area (Å²) >= 11 is 0. The first-order valence-electron chi connectivity index (χ1n) is 13.8. The SMILES string of the molecule is C.COC(=O)[C@@H](NC(=O)c1cnccn1)C1CCCCC1.COC(=O)[C@@H]([NH3+])C1CCCCC1.O=C(O)c1cnccn1.[Cl-]. The topological polar surface area (TPSA) is 198 Å². The lowest BCUT2D eigenvalue weighted by atomic mass is 9.84. The molecule has 43 heavy (non-hydrogen) atoms. The predicted molar refractivity (Wildman–Crippen MR) is 153 cm³/mol. The van der Waals surface area contributed by atoms with Crippen molar-refractivity contribution in [3.05, 3.63) is 48.6 Å². The Balaban J connectivity index is 0.000000657. The van der Waals surface area contributed by atoms with Crippen molar-refractivity contribution >= 4 is 23.8 Å². The molecule has 2 fully saturated rings. The van der Waals surface area contributed by atoms with E-state index < -0.39 is 18.0 Å². The first-order chi connectivity index (χ1) is 19.8. The highest BCUT2D eigenvalue weighted by Gasteiger charge is 2.32. The maximum absolute atomic E-state index is 12.1. The van der Waals surface area contributed by atoms with E-state index >= 15 is 0 Å². The van der Waals surface area contributed by atoms with E-state index in [0.717, 1.165) is 38.5 Å². The van der Waals surface area contributed by atoms with Crippen LogP contribution < -0.4 is 23.5 Å². The molecule has 2 heterocycles. The van der Waals surface area contributed by atoms with Gasteiger partial charge in [-0.1, -0.05) is 46.0 Å². The van der Waals surface area contributed by atoms with Crippen molar-refractivity contribution in [3.8, 4) is 0 Å². The minimum absolute atomic E-state index is 0. The molecule has 2 aliphatic rings. The van der Waals surface area contributed by atoms with E-state index in [0.29, 0.717) is 5.92 Å². The highest BCUT2D eigenvalue weighted by Crippen LogP contribution is 2.27. The number of carbonyl (C=O) groups excluding carboxylic acids is 3. The minimum Gasteiger partial charge on any atom is -1.00 e. The maximum Gasteiger partial charge on any atom is 0.364 e. The van der Waals surface area contributed by atoms with Crippen molar-refractivity contribution in [1.82, 2.24) is 25.3 Å². The molecule has 13 nitrogen and oxygen atoms in total. The number of hydrogen-bond donors (Lipinski definition) is 3. The van der Waals surface area contributed by atoms with Crippen molar-refractivity contribution in [1.29, 1.82) is 0 Å². The van der Waals surface area contributed by atoms with Crippen molar-refractivity contribution in [2.75, 3.05) is 14.2 Å². The summed E-state index contributed by atoms with van der Waals surface area (Å²) in [4.78, 5) is 60.1. The number of nitrogens with zero attached hydrogens (tertiary/aromatic N) is 4. The van der Waals surface area contributed by atoms with Crippen LogP contribution in [-0.2, 0) is 19.1 Å². The number of carboxylic acids is 1. The van der Waals surface area contributed by atoms with Gasteiger partial charge in [-0.3, -0.25) is 14.8 Å². The average molecular weight is 625 g/mol. The zero-order valence-corrected chi connectivity index (χ0v) is 24.9. The van der Waals surface area contributed by atoms with Gasteiger partial charge < -0.3 is 38.0 Å². The van der Waals surface area contributed by atoms with Gasteiger partial charge in [0, 0.05) is 30.7 Å². The lowest BCUT2D eigenvalue weighted by Crippen LogP contribution is -3.00. The van der Waals surface area contributed by atoms with Gasteiger partial charge in [0.2, 0.25) is 0 Å². The maximum atomic E-state index is 12.1. The fourth-order valence-corrected chi connectivity index (χ4v) is 4.89. The zero-order chi connectivity index (χ0) is 30.0. The Bertz CT molecular complexity index is 1090. The molecule has 0 aliphatic heterocycles. The van der Waals surface area contributed by atoms with Gasteiger partial charge in [-0.15, -0.1) is 0 Å². The summed E-state index contributed by atoms with van der Waals surface area (Å²) in [5.74, 6) is -1.39. The minimum atomic E-state index is -1.05. The molecule has 2 aromatic heterocycles. The molecule has 0 unspecified atom stereocenters. The number of halogens is 1. The molecule has 0 radical (unpaired) electrons. The standard InChI is InChI=1S/C14H19N3O3.C9H17NO2.C5H4N2O2.CH4.ClH/c1-20-14(19)12(10-5-3-2-4-6-10)17-13(18)11-9-15-7-8-16-11;1-12-9(11)8(10)7-5-3-2-4-6-7;8-5(9)4-3-6-1-2-7-4;;/h7-10,12H,2-6H2,1H3,(H,17,18);7-8H,2-6,10H2,1H3;1-3H,(H,8,9);1H4;1H/t12-;8-;;;/m00.../s1. The van der Waals surface area contributed by atoms with Crippen LogP contribution in [0.3, 0.4) is 0 Å². The predicted octanol–water partition coefficient (Wildman–Crippen LogP) is -0.507. The van der Waals surface area contributed by atoms with Gasteiger partial charge in [0.1, 0.15) is 11.7 Å². The van der Waals surface area contributed by atoms with Crippen LogP contribution in [0, 0.1) is 11.8 Å². The summed E-state index contributed by atoms with van der Waals surface area (Å²) in [6.07, 6.45) is 19.6. The molecule has 14 heteroatoms. The van der Waals surface area contributed by atoms with Crippen molar-refractivity contribution in [2.24, 2.45) is 11.8 Å². The summed E-state index contributed by atoms with van der Waals surface area (Å²) in [5, 5.41) is 11.0. The molecular formula is C29H45ClN6O7. The Morgan fingerprint density at radius 3 is 1.65 bits per heavy atom. The van der Waals surface area contributed by atoms with E-state index in [1.807, 2.05) is 0 Å².